The molecule has 0 unspecified atom stereocenters. The summed E-state index contributed by atoms with van der Waals surface area (Å²) < 4.78 is 0. The quantitative estimate of drug-likeness (QED) is 0.130. The van der Waals surface area contributed by atoms with Gasteiger partial charge in [0.2, 0.25) is 0 Å². The van der Waals surface area contributed by atoms with E-state index in [9.17, 15) is 0 Å². The van der Waals surface area contributed by atoms with Crippen LogP contribution in [0.3, 0.4) is 0 Å². The molecule has 1 heterocycles. The van der Waals surface area contributed by atoms with Gasteiger partial charge in [-0.3, -0.25) is 13.6 Å². The van der Waals surface area contributed by atoms with Gasteiger partial charge in [-0.05, 0) is 141 Å². The van der Waals surface area contributed by atoms with Crippen LogP contribution < -0.4 is 9.80 Å². The summed E-state index contributed by atoms with van der Waals surface area (Å²) >= 11 is 3.24. The van der Waals surface area contributed by atoms with Crippen LogP contribution in [0.5, 0.6) is 0 Å². The van der Waals surface area contributed by atoms with E-state index in [2.05, 4.69) is 115 Å². The Bertz CT molecular complexity index is 1070. The van der Waals surface area contributed by atoms with Crippen LogP contribution in [0.4, 0.5) is 11.4 Å². The van der Waals surface area contributed by atoms with Gasteiger partial charge in [-0.15, -0.1) is 0 Å². The molecule has 3 aliphatic carbocycles. The molecule has 1 aliphatic heterocycles. The van der Waals surface area contributed by atoms with E-state index in [-0.39, 0.29) is 22.8 Å². The number of nitrogens with zero attached hydrogens (tertiary/aromatic N) is 2. The van der Waals surface area contributed by atoms with E-state index in [1.165, 1.54) is 61.7 Å². The standard InChI is InChI=1S/C21H27N2.C18H33P.2CHO.2CH3.2ClH.2Ru.2H/c1-14-9-16(3)20(17(4)10-14)22-7-8-23(13-22)21-18(5)11-15(2)12-19(21)6;1-4-10-16(11-5-1)19(17-12-6-2-7-13-17)18-14-8-3-9-15-18;2*1-2;;;;;;;;/h9-13H,7-8H2,1-6H3;16-18H,1-15H2;2*1H;2*1H3;2*1H;;;;/q-1;;4*-1;;;+1;+3;;/p-1. The Morgan fingerprint density at radius 1 is 0.558 bits per heavy atom. The number of hydrogen-bond acceptors (Lipinski definition) is 4. The Morgan fingerprint density at radius 3 is 1.02 bits per heavy atom. The molecule has 2 aromatic carbocycles. The Morgan fingerprint density at radius 2 is 0.788 bits per heavy atom. The molecule has 6 rings (SSSR count). The van der Waals surface area contributed by atoms with Crippen molar-refractivity contribution in [3.63, 3.8) is 0 Å². The normalized spacial score (nSPS) is 17.5. The van der Waals surface area contributed by atoms with Crippen molar-refractivity contribution in [1.82, 2.24) is 0 Å². The average molecular weight is 952 g/mol. The van der Waals surface area contributed by atoms with Crippen LogP contribution in [-0.4, -0.2) is 43.6 Å². The van der Waals surface area contributed by atoms with E-state index >= 15 is 0 Å². The molecule has 0 bridgehead atoms. The van der Waals surface area contributed by atoms with Crippen LogP contribution in [0.25, 0.3) is 0 Å². The first-order chi connectivity index (χ1) is 24.3. The van der Waals surface area contributed by atoms with Crippen molar-refractivity contribution in [2.45, 2.75) is 155 Å². The molecule has 0 spiro atoms. The van der Waals surface area contributed by atoms with Gasteiger partial charge in [0.25, 0.3) is 0 Å². The van der Waals surface area contributed by atoms with Crippen LogP contribution in [0.1, 0.15) is 130 Å². The van der Waals surface area contributed by atoms with Crippen molar-refractivity contribution in [3.05, 3.63) is 79.2 Å². The van der Waals surface area contributed by atoms with Gasteiger partial charge in [0.05, 0.1) is 17.0 Å². The zero-order valence-corrected chi connectivity index (χ0v) is 39.7. The number of carbonyl (C=O) groups excluding carboxylic acids is 2. The molecule has 4 nitrogen and oxygen atoms in total. The van der Waals surface area contributed by atoms with Gasteiger partial charge in [-0.1, -0.05) is 54.7 Å². The van der Waals surface area contributed by atoms with Crippen LogP contribution in [0.2, 0.25) is 0 Å². The monoisotopic (exact) mass is 952 g/mol. The zero-order valence-electron chi connectivity index (χ0n) is 33.5. The molecule has 0 radical (unpaired) electrons. The number of anilines is 2. The molecular weight excluding hydrogens is 881 g/mol. The fourth-order valence-electron chi connectivity index (χ4n) is 9.40. The van der Waals surface area contributed by atoms with Gasteiger partial charge >= 0.3 is 54.0 Å². The summed E-state index contributed by atoms with van der Waals surface area (Å²) in [5.41, 5.74) is 14.5. The second-order valence-electron chi connectivity index (χ2n) is 14.5. The van der Waals surface area contributed by atoms with E-state index in [0.717, 1.165) is 13.1 Å². The fraction of sp³-hybridized carbons (Fsp3) is 0.605. The summed E-state index contributed by atoms with van der Waals surface area (Å²) in [5.74, 6) is 0. The SMILES string of the molecule is C1CCC([PH+](C2CCCCC2)C2CCCCC2)CC1.Cc1cc(C)c(N2[CH-]N(c3c(C)cc(C)cc3C)CC2)c(C)c1.[CH-]=O.[CH-]=O.[CH3-].[CH3-].[Cl][RuH+2].[Cl][RuH]. The van der Waals surface area contributed by atoms with Crippen molar-refractivity contribution >= 4 is 52.3 Å². The van der Waals surface area contributed by atoms with Crippen LogP contribution in [-0.2, 0) is 44.2 Å². The maximum absolute atomic E-state index is 7.75. The Labute approximate surface area is 350 Å². The van der Waals surface area contributed by atoms with Crippen molar-refractivity contribution in [2.75, 3.05) is 22.9 Å². The topological polar surface area (TPSA) is 40.6 Å². The maximum atomic E-state index is 7.75. The third-order valence-electron chi connectivity index (χ3n) is 10.9. The predicted molar refractivity (Wildman–Crippen MR) is 230 cm³/mol. The van der Waals surface area contributed by atoms with E-state index in [1.807, 2.05) is 0 Å². The van der Waals surface area contributed by atoms with Crippen LogP contribution in [0.15, 0.2) is 24.3 Å². The van der Waals surface area contributed by atoms with E-state index in [0.29, 0.717) is 0 Å². The molecule has 0 atom stereocenters. The number of halogens is 2. The second kappa shape index (κ2) is 30.8. The first-order valence-electron chi connectivity index (χ1n) is 18.5. The molecule has 1 saturated heterocycles. The minimum atomic E-state index is -0.0465. The van der Waals surface area contributed by atoms with Gasteiger partial charge in [-0.25, -0.2) is 0 Å². The third-order valence-corrected chi connectivity index (χ3v) is 15.5. The molecule has 9 heteroatoms. The van der Waals surface area contributed by atoms with Crippen molar-refractivity contribution in [3.8, 4) is 0 Å². The molecule has 0 N–H and O–H groups in total. The van der Waals surface area contributed by atoms with E-state index < -0.39 is 0 Å². The fourth-order valence-corrected chi connectivity index (χ4v) is 14.6. The van der Waals surface area contributed by atoms with E-state index in [1.54, 1.807) is 131 Å². The molecule has 0 aromatic heterocycles. The van der Waals surface area contributed by atoms with E-state index in [4.69, 9.17) is 9.59 Å². The zero-order chi connectivity index (χ0) is 37.6. The molecule has 4 fully saturated rings. The first-order valence-corrected chi connectivity index (χ1v) is 25.0. The molecule has 302 valence electrons. The molecule has 0 amide bonds. The molecule has 3 saturated carbocycles. The predicted octanol–water partition coefficient (Wildman–Crippen LogP) is 12.4. The molecule has 2 aromatic rings. The summed E-state index contributed by atoms with van der Waals surface area (Å²) in [6.45, 7) is 24.1. The number of benzene rings is 2. The van der Waals surface area contributed by atoms with Crippen molar-refractivity contribution in [1.29, 1.82) is 0 Å². The third kappa shape index (κ3) is 16.4. The molecule has 52 heavy (non-hydrogen) atoms. The van der Waals surface area contributed by atoms with Crippen molar-refractivity contribution < 1.29 is 44.2 Å². The number of hydrogen-bond donors (Lipinski definition) is 0. The van der Waals surface area contributed by atoms with Crippen LogP contribution in [0, 0.1) is 63.1 Å². The molecular formula is C43H71Cl2N2O2PRu2-2. The number of aryl methyl sites for hydroxylation is 6. The summed E-state index contributed by atoms with van der Waals surface area (Å²) in [5, 5.41) is 0. The molecule has 4 aliphatic rings. The summed E-state index contributed by atoms with van der Waals surface area (Å²) in [6.07, 6.45) is 23.8. The summed E-state index contributed by atoms with van der Waals surface area (Å²) in [6, 6.07) is 9.12. The summed E-state index contributed by atoms with van der Waals surface area (Å²) in [4.78, 5) is 20.3. The van der Waals surface area contributed by atoms with Crippen molar-refractivity contribution in [2.24, 2.45) is 0 Å². The number of rotatable bonds is 5. The summed E-state index contributed by atoms with van der Waals surface area (Å²) in [7, 11) is 9.17. The first kappa shape index (κ1) is 53.7. The van der Waals surface area contributed by atoms with Crippen LogP contribution >= 0.6 is 27.3 Å². The van der Waals surface area contributed by atoms with Gasteiger partial charge < -0.3 is 34.2 Å². The van der Waals surface area contributed by atoms with Gasteiger partial charge in [0, 0.05) is 32.4 Å². The van der Waals surface area contributed by atoms with Gasteiger partial charge in [-0.2, -0.15) is 6.67 Å². The second-order valence-corrected chi connectivity index (χ2v) is 18.0. The minimum absolute atomic E-state index is 0. The average Bonchev–Trinajstić information content (AvgIpc) is 3.61. The Balaban J connectivity index is 0. The Hall–Kier alpha value is -0.363. The Kier molecular flexibility index (Phi) is 31.8. The van der Waals surface area contributed by atoms with Gasteiger partial charge in [0.1, 0.15) is 0 Å². The van der Waals surface area contributed by atoms with Gasteiger partial charge in [0.15, 0.2) is 0 Å².